The molecular weight excluding hydrogens is 450 g/mol. The van der Waals surface area contributed by atoms with E-state index in [0.717, 1.165) is 11.1 Å². The van der Waals surface area contributed by atoms with Crippen LogP contribution < -0.4 is 0 Å². The van der Waals surface area contributed by atoms with Gasteiger partial charge in [0.25, 0.3) is 0 Å². The van der Waals surface area contributed by atoms with E-state index in [1.54, 1.807) is 12.1 Å². The molecule has 0 amide bonds. The third-order valence-corrected chi connectivity index (χ3v) is 2.23. The molecule has 0 heterocycles. The SMILES string of the molecule is Cc1ccccc1O.Cc1ccccc1O.Cl.Cl.[Hf]. The van der Waals surface area contributed by atoms with Crippen LogP contribution in [0.1, 0.15) is 11.1 Å². The summed E-state index contributed by atoms with van der Waals surface area (Å²) in [7, 11) is 0. The largest absolute Gasteiger partial charge is 0.508 e. The molecule has 104 valence electrons. The van der Waals surface area contributed by atoms with E-state index in [4.69, 9.17) is 10.2 Å². The molecule has 0 fully saturated rings. The Balaban J connectivity index is -0.000000233. The molecular formula is C14H18Cl2HfO2. The molecule has 0 aliphatic rings. The van der Waals surface area contributed by atoms with Gasteiger partial charge in [0.15, 0.2) is 0 Å². The number of phenolic OH excluding ortho intramolecular Hbond substituents is 2. The molecule has 2 aromatic carbocycles. The number of hydrogen-bond acceptors (Lipinski definition) is 2. The summed E-state index contributed by atoms with van der Waals surface area (Å²) in [4.78, 5) is 0. The van der Waals surface area contributed by atoms with Gasteiger partial charge in [-0.05, 0) is 37.1 Å². The van der Waals surface area contributed by atoms with Crippen LogP contribution in [0.15, 0.2) is 48.5 Å². The van der Waals surface area contributed by atoms with Crippen LogP contribution in [0.2, 0.25) is 0 Å². The van der Waals surface area contributed by atoms with Crippen LogP contribution in [0.5, 0.6) is 11.5 Å². The number of hydrogen-bond donors (Lipinski definition) is 2. The second-order valence-electron chi connectivity index (χ2n) is 3.57. The van der Waals surface area contributed by atoms with Crippen LogP contribution in [0.25, 0.3) is 0 Å². The molecule has 5 heteroatoms. The summed E-state index contributed by atoms with van der Waals surface area (Å²) in [5.74, 6) is 0.736. The molecule has 2 rings (SSSR count). The van der Waals surface area contributed by atoms with Gasteiger partial charge in [-0.1, -0.05) is 36.4 Å². The first-order valence-electron chi connectivity index (χ1n) is 5.10. The van der Waals surface area contributed by atoms with Gasteiger partial charge in [-0.2, -0.15) is 0 Å². The number of para-hydroxylation sites is 2. The fourth-order valence-corrected chi connectivity index (χ4v) is 1.13. The second-order valence-corrected chi connectivity index (χ2v) is 3.57. The number of phenols is 2. The van der Waals surface area contributed by atoms with Gasteiger partial charge in [-0.15, -0.1) is 24.8 Å². The molecule has 0 aliphatic heterocycles. The van der Waals surface area contributed by atoms with Crippen LogP contribution in [0.3, 0.4) is 0 Å². The Labute approximate surface area is 145 Å². The molecule has 0 saturated heterocycles. The molecule has 2 N–H and O–H groups in total. The van der Waals surface area contributed by atoms with Crippen LogP contribution in [-0.2, 0) is 25.8 Å². The first-order valence-corrected chi connectivity index (χ1v) is 5.10. The zero-order valence-corrected chi connectivity index (χ0v) is 16.1. The van der Waals surface area contributed by atoms with E-state index in [2.05, 4.69) is 0 Å². The summed E-state index contributed by atoms with van der Waals surface area (Å²) in [6.07, 6.45) is 0. The summed E-state index contributed by atoms with van der Waals surface area (Å²) in [6, 6.07) is 14.5. The van der Waals surface area contributed by atoms with E-state index in [9.17, 15) is 0 Å². The average molecular weight is 468 g/mol. The zero-order chi connectivity index (χ0) is 12.0. The van der Waals surface area contributed by atoms with Crippen molar-refractivity contribution in [2.24, 2.45) is 0 Å². The molecule has 0 radical (unpaired) electrons. The fourth-order valence-electron chi connectivity index (χ4n) is 1.13. The van der Waals surface area contributed by atoms with Crippen LogP contribution in [-0.4, -0.2) is 10.2 Å². The van der Waals surface area contributed by atoms with Crippen LogP contribution >= 0.6 is 24.8 Å². The number of aryl methyl sites for hydroxylation is 2. The van der Waals surface area contributed by atoms with E-state index in [-0.39, 0.29) is 50.7 Å². The van der Waals surface area contributed by atoms with Gasteiger partial charge in [-0.3, -0.25) is 0 Å². The number of halogens is 2. The van der Waals surface area contributed by atoms with Crippen molar-refractivity contribution < 1.29 is 36.1 Å². The van der Waals surface area contributed by atoms with Crippen molar-refractivity contribution in [1.29, 1.82) is 0 Å². The minimum atomic E-state index is 0. The standard InChI is InChI=1S/2C7H8O.2ClH.Hf/c2*1-6-4-2-3-5-7(6)8;;;/h2*2-5,8H,1H3;2*1H;. The Hall–Kier alpha value is -0.510. The third kappa shape index (κ3) is 9.09. The van der Waals surface area contributed by atoms with Gasteiger partial charge >= 0.3 is 0 Å². The zero-order valence-electron chi connectivity index (χ0n) is 10.8. The summed E-state index contributed by atoms with van der Waals surface area (Å²) >= 11 is 0. The Bertz CT molecular complexity index is 379. The van der Waals surface area contributed by atoms with E-state index in [1.807, 2.05) is 50.2 Å². The van der Waals surface area contributed by atoms with Gasteiger partial charge in [0, 0.05) is 25.8 Å². The van der Waals surface area contributed by atoms with Gasteiger partial charge in [-0.25, -0.2) is 0 Å². The first kappa shape index (κ1) is 23.6. The quantitative estimate of drug-likeness (QED) is 0.569. The van der Waals surface area contributed by atoms with Crippen molar-refractivity contribution in [3.8, 4) is 11.5 Å². The van der Waals surface area contributed by atoms with Gasteiger partial charge in [0.2, 0.25) is 0 Å². The monoisotopic (exact) mass is 468 g/mol. The summed E-state index contributed by atoms with van der Waals surface area (Å²) in [6.45, 7) is 3.74. The molecule has 0 aliphatic carbocycles. The van der Waals surface area contributed by atoms with Crippen LogP contribution in [0.4, 0.5) is 0 Å². The summed E-state index contributed by atoms with van der Waals surface area (Å²) in [5.41, 5.74) is 1.85. The van der Waals surface area contributed by atoms with Crippen molar-refractivity contribution in [2.45, 2.75) is 13.8 Å². The van der Waals surface area contributed by atoms with Crippen molar-refractivity contribution in [3.05, 3.63) is 59.7 Å². The van der Waals surface area contributed by atoms with Gasteiger partial charge in [0.05, 0.1) is 0 Å². The first-order chi connectivity index (χ1) is 7.61. The molecule has 0 bridgehead atoms. The minimum absolute atomic E-state index is 0. The van der Waals surface area contributed by atoms with Gasteiger partial charge < -0.3 is 10.2 Å². The second kappa shape index (κ2) is 12.5. The van der Waals surface area contributed by atoms with Crippen LogP contribution in [0, 0.1) is 13.8 Å². The van der Waals surface area contributed by atoms with E-state index in [1.165, 1.54) is 0 Å². The maximum absolute atomic E-state index is 8.92. The predicted octanol–water partition coefficient (Wildman–Crippen LogP) is 4.24. The maximum Gasteiger partial charge on any atom is 0.118 e. The van der Waals surface area contributed by atoms with Crippen molar-refractivity contribution in [1.82, 2.24) is 0 Å². The molecule has 0 aromatic heterocycles. The van der Waals surface area contributed by atoms with Crippen molar-refractivity contribution >= 4 is 24.8 Å². The Morgan fingerprint density at radius 2 is 0.895 bits per heavy atom. The predicted molar refractivity (Wildman–Crippen MR) is 80.2 cm³/mol. The van der Waals surface area contributed by atoms with Crippen molar-refractivity contribution in [2.75, 3.05) is 0 Å². The summed E-state index contributed by atoms with van der Waals surface area (Å²) < 4.78 is 0. The Morgan fingerprint density at radius 3 is 1.05 bits per heavy atom. The van der Waals surface area contributed by atoms with E-state index < -0.39 is 0 Å². The topological polar surface area (TPSA) is 40.5 Å². The molecule has 2 aromatic rings. The summed E-state index contributed by atoms with van der Waals surface area (Å²) in [5, 5.41) is 17.8. The number of benzene rings is 2. The Morgan fingerprint density at radius 1 is 0.632 bits per heavy atom. The van der Waals surface area contributed by atoms with Gasteiger partial charge in [0.1, 0.15) is 11.5 Å². The number of rotatable bonds is 0. The maximum atomic E-state index is 8.92. The smallest absolute Gasteiger partial charge is 0.118 e. The molecule has 2 nitrogen and oxygen atoms in total. The molecule has 0 spiro atoms. The molecule has 19 heavy (non-hydrogen) atoms. The third-order valence-electron chi connectivity index (χ3n) is 2.23. The van der Waals surface area contributed by atoms with Crippen molar-refractivity contribution in [3.63, 3.8) is 0 Å². The molecule has 0 saturated carbocycles. The number of aromatic hydroxyl groups is 2. The molecule has 0 atom stereocenters. The Kier molecular flexibility index (Phi) is 15.5. The van der Waals surface area contributed by atoms with E-state index >= 15 is 0 Å². The normalized spacial score (nSPS) is 7.68. The molecule has 0 unspecified atom stereocenters. The minimum Gasteiger partial charge on any atom is -0.508 e. The average Bonchev–Trinajstić information content (AvgIpc) is 2.28. The fraction of sp³-hybridized carbons (Fsp3) is 0.143. The van der Waals surface area contributed by atoms with E-state index in [0.29, 0.717) is 11.5 Å².